The number of nitrogens with zero attached hydrogens (tertiary/aromatic N) is 1. The van der Waals surface area contributed by atoms with E-state index in [-0.39, 0.29) is 18.0 Å². The summed E-state index contributed by atoms with van der Waals surface area (Å²) in [4.78, 5) is 14.2. The summed E-state index contributed by atoms with van der Waals surface area (Å²) in [5.41, 5.74) is 7.02. The Hall–Kier alpha value is -1.26. The van der Waals surface area contributed by atoms with Gasteiger partial charge in [0.25, 0.3) is 5.56 Å². The van der Waals surface area contributed by atoms with Gasteiger partial charge in [-0.3, -0.25) is 9.20 Å². The van der Waals surface area contributed by atoms with Gasteiger partial charge in [0.2, 0.25) is 0 Å². The molecule has 0 aliphatic rings. The first-order chi connectivity index (χ1) is 5.81. The highest BCUT2D eigenvalue weighted by Gasteiger charge is 1.98. The second-order valence-electron chi connectivity index (χ2n) is 2.60. The molecule has 0 atom stereocenters. The zero-order valence-corrected chi connectivity index (χ0v) is 7.67. The van der Waals surface area contributed by atoms with Crippen molar-refractivity contribution in [2.24, 2.45) is 5.73 Å². The van der Waals surface area contributed by atoms with Crippen molar-refractivity contribution in [3.05, 3.63) is 40.4 Å². The Morgan fingerprint density at radius 3 is 2.85 bits per heavy atom. The van der Waals surface area contributed by atoms with Gasteiger partial charge in [-0.15, -0.1) is 12.4 Å². The number of pyridine rings is 1. The van der Waals surface area contributed by atoms with Crippen LogP contribution in [0.3, 0.4) is 0 Å². The van der Waals surface area contributed by atoms with Crippen LogP contribution in [0.5, 0.6) is 0 Å². The van der Waals surface area contributed by atoms with E-state index < -0.39 is 0 Å². The van der Waals surface area contributed by atoms with E-state index in [1.54, 1.807) is 16.7 Å². The molecule has 13 heavy (non-hydrogen) atoms. The lowest BCUT2D eigenvalue weighted by atomic mass is 10.5. The molecule has 0 aliphatic heterocycles. The number of fused-ring (bicyclic) bond motifs is 1. The highest BCUT2D eigenvalue weighted by atomic mass is 35.5. The van der Waals surface area contributed by atoms with Crippen molar-refractivity contribution in [2.75, 3.05) is 0 Å². The average Bonchev–Trinajstić information content (AvgIpc) is 2.49. The first-order valence-electron chi connectivity index (χ1n) is 3.70. The molecule has 0 saturated heterocycles. The van der Waals surface area contributed by atoms with Gasteiger partial charge in [0, 0.05) is 24.5 Å². The van der Waals surface area contributed by atoms with Crippen LogP contribution in [0.4, 0.5) is 0 Å². The normalized spacial score (nSPS) is 9.92. The summed E-state index contributed by atoms with van der Waals surface area (Å²) in [6.45, 7) is 0.418. The molecule has 0 spiro atoms. The molecule has 0 amide bonds. The van der Waals surface area contributed by atoms with E-state index in [9.17, 15) is 4.79 Å². The van der Waals surface area contributed by atoms with E-state index in [2.05, 4.69) is 4.98 Å². The molecule has 0 aliphatic carbocycles. The van der Waals surface area contributed by atoms with E-state index in [1.807, 2.05) is 6.07 Å². The lowest BCUT2D eigenvalue weighted by molar-refractivity contribution is 1.01. The van der Waals surface area contributed by atoms with E-state index >= 15 is 0 Å². The van der Waals surface area contributed by atoms with Gasteiger partial charge in [-0.1, -0.05) is 6.07 Å². The van der Waals surface area contributed by atoms with Crippen LogP contribution in [0.15, 0.2) is 29.2 Å². The Bertz CT molecular complexity index is 460. The minimum atomic E-state index is -0.0385. The van der Waals surface area contributed by atoms with Crippen LogP contribution < -0.4 is 11.3 Å². The summed E-state index contributed by atoms with van der Waals surface area (Å²) < 4.78 is 1.54. The molecule has 0 bridgehead atoms. The Morgan fingerprint density at radius 1 is 1.46 bits per heavy atom. The molecule has 70 valence electrons. The zero-order chi connectivity index (χ0) is 8.55. The van der Waals surface area contributed by atoms with Crippen molar-refractivity contribution in [1.82, 2.24) is 9.38 Å². The van der Waals surface area contributed by atoms with Crippen LogP contribution in [-0.4, -0.2) is 9.38 Å². The third kappa shape index (κ3) is 1.59. The second kappa shape index (κ2) is 3.64. The maximum Gasteiger partial charge on any atom is 0.256 e. The number of imidazole rings is 1. The van der Waals surface area contributed by atoms with Crippen LogP contribution in [0, 0.1) is 0 Å². The maximum atomic E-state index is 11.2. The number of H-pyrrole nitrogens is 1. The van der Waals surface area contributed by atoms with Crippen molar-refractivity contribution in [2.45, 2.75) is 6.54 Å². The van der Waals surface area contributed by atoms with Crippen molar-refractivity contribution < 1.29 is 0 Å². The molecule has 4 nitrogen and oxygen atoms in total. The number of aromatic amines is 1. The van der Waals surface area contributed by atoms with Crippen molar-refractivity contribution in [1.29, 1.82) is 0 Å². The average molecular weight is 200 g/mol. The van der Waals surface area contributed by atoms with Crippen molar-refractivity contribution in [3.8, 4) is 0 Å². The zero-order valence-electron chi connectivity index (χ0n) is 6.86. The smallest absolute Gasteiger partial charge is 0.256 e. The van der Waals surface area contributed by atoms with Gasteiger partial charge in [0.15, 0.2) is 0 Å². The lowest BCUT2D eigenvalue weighted by Gasteiger charge is -1.87. The van der Waals surface area contributed by atoms with Gasteiger partial charge in [0.05, 0.1) is 0 Å². The van der Waals surface area contributed by atoms with E-state index in [0.717, 1.165) is 11.3 Å². The van der Waals surface area contributed by atoms with Crippen LogP contribution >= 0.6 is 12.4 Å². The van der Waals surface area contributed by atoms with Gasteiger partial charge in [0.1, 0.15) is 5.65 Å². The van der Waals surface area contributed by atoms with Gasteiger partial charge in [-0.25, -0.2) is 0 Å². The van der Waals surface area contributed by atoms with E-state index in [0.29, 0.717) is 6.54 Å². The van der Waals surface area contributed by atoms with Gasteiger partial charge in [-0.2, -0.15) is 0 Å². The third-order valence-electron chi connectivity index (χ3n) is 1.78. The number of rotatable bonds is 1. The monoisotopic (exact) mass is 199 g/mol. The third-order valence-corrected chi connectivity index (χ3v) is 1.78. The molecule has 2 heterocycles. The highest BCUT2D eigenvalue weighted by molar-refractivity contribution is 5.85. The first-order valence-corrected chi connectivity index (χ1v) is 3.70. The summed E-state index contributed by atoms with van der Waals surface area (Å²) in [7, 11) is 0. The van der Waals surface area contributed by atoms with Gasteiger partial charge >= 0.3 is 0 Å². The molecule has 2 aromatic rings. The number of aromatic nitrogens is 2. The fourth-order valence-corrected chi connectivity index (χ4v) is 1.19. The Morgan fingerprint density at radius 2 is 2.23 bits per heavy atom. The molecule has 0 aromatic carbocycles. The topological polar surface area (TPSA) is 63.3 Å². The summed E-state index contributed by atoms with van der Waals surface area (Å²) >= 11 is 0. The highest BCUT2D eigenvalue weighted by Crippen LogP contribution is 1.99. The maximum absolute atomic E-state index is 11.2. The predicted molar refractivity (Wildman–Crippen MR) is 53.2 cm³/mol. The largest absolute Gasteiger partial charge is 0.342 e. The molecule has 0 radical (unpaired) electrons. The number of nitrogens with two attached hydrogens (primary N) is 1. The van der Waals surface area contributed by atoms with Crippen molar-refractivity contribution >= 4 is 18.1 Å². The van der Waals surface area contributed by atoms with Gasteiger partial charge in [-0.05, 0) is 6.07 Å². The molecule has 0 saturated carbocycles. The SMILES string of the molecule is Cl.NCc1cn2c(=O)cccc2[nH]1. The van der Waals surface area contributed by atoms with Crippen LogP contribution in [0.25, 0.3) is 5.65 Å². The number of hydrogen-bond donors (Lipinski definition) is 2. The number of nitrogens with one attached hydrogen (secondary N) is 1. The minimum absolute atomic E-state index is 0. The summed E-state index contributed by atoms with van der Waals surface area (Å²) in [6, 6.07) is 5.07. The van der Waals surface area contributed by atoms with Crippen LogP contribution in [0.2, 0.25) is 0 Å². The van der Waals surface area contributed by atoms with E-state index in [4.69, 9.17) is 5.73 Å². The van der Waals surface area contributed by atoms with E-state index in [1.165, 1.54) is 6.07 Å². The fourth-order valence-electron chi connectivity index (χ4n) is 1.19. The molecule has 5 heteroatoms. The van der Waals surface area contributed by atoms with Crippen molar-refractivity contribution in [3.63, 3.8) is 0 Å². The summed E-state index contributed by atoms with van der Waals surface area (Å²) in [6.07, 6.45) is 1.72. The quantitative estimate of drug-likeness (QED) is 0.703. The lowest BCUT2D eigenvalue weighted by Crippen LogP contribution is -2.08. The minimum Gasteiger partial charge on any atom is -0.342 e. The number of hydrogen-bond acceptors (Lipinski definition) is 2. The van der Waals surface area contributed by atoms with Crippen LogP contribution in [-0.2, 0) is 6.54 Å². The molecule has 2 rings (SSSR count). The second-order valence-corrected chi connectivity index (χ2v) is 2.60. The molecule has 0 fully saturated rings. The molecular formula is C8H10ClN3O. The fraction of sp³-hybridized carbons (Fsp3) is 0.125. The first kappa shape index (κ1) is 9.83. The number of halogens is 1. The Kier molecular flexibility index (Phi) is 2.75. The summed E-state index contributed by atoms with van der Waals surface area (Å²) in [5, 5.41) is 0. The standard InChI is InChI=1S/C8H9N3O.ClH/c9-4-6-5-11-7(10-6)2-1-3-8(11)12;/h1-3,5,10H,4,9H2;1H. The molecule has 3 N–H and O–H groups in total. The molecular weight excluding hydrogens is 190 g/mol. The molecule has 0 unspecified atom stereocenters. The Labute approximate surface area is 80.8 Å². The molecule has 2 aromatic heterocycles. The summed E-state index contributed by atoms with van der Waals surface area (Å²) in [5.74, 6) is 0. The predicted octanol–water partition coefficient (Wildman–Crippen LogP) is 0.508. The van der Waals surface area contributed by atoms with Crippen LogP contribution in [0.1, 0.15) is 5.69 Å². The Balaban J connectivity index is 0.000000845. The van der Waals surface area contributed by atoms with Gasteiger partial charge < -0.3 is 10.7 Å².